The van der Waals surface area contributed by atoms with Crippen molar-refractivity contribution in [3.05, 3.63) is 68.7 Å². The van der Waals surface area contributed by atoms with Crippen molar-refractivity contribution in [2.45, 2.75) is 13.5 Å². The van der Waals surface area contributed by atoms with Crippen molar-refractivity contribution in [2.75, 3.05) is 5.32 Å². The van der Waals surface area contributed by atoms with E-state index in [-0.39, 0.29) is 17.9 Å². The molecule has 2 amide bonds. The fourth-order valence-corrected chi connectivity index (χ4v) is 2.03. The largest absolute Gasteiger partial charge is 0.344 e. The Balaban J connectivity index is 1.98. The van der Waals surface area contributed by atoms with Crippen LogP contribution in [0.1, 0.15) is 11.1 Å². The van der Waals surface area contributed by atoms with Crippen molar-refractivity contribution >= 4 is 34.8 Å². The first-order valence-corrected chi connectivity index (χ1v) is 7.33. The Kier molecular flexibility index (Phi) is 5.49. The molecule has 7 nitrogen and oxygen atoms in total. The lowest BCUT2D eigenvalue weighted by molar-refractivity contribution is -0.384. The maximum atomic E-state index is 11.9. The van der Waals surface area contributed by atoms with E-state index in [1.165, 1.54) is 18.2 Å². The molecule has 0 fully saturated rings. The van der Waals surface area contributed by atoms with Crippen molar-refractivity contribution in [1.29, 1.82) is 0 Å². The van der Waals surface area contributed by atoms with E-state index in [2.05, 4.69) is 10.6 Å². The van der Waals surface area contributed by atoms with Gasteiger partial charge in [0.1, 0.15) is 0 Å². The van der Waals surface area contributed by atoms with Gasteiger partial charge in [-0.2, -0.15) is 0 Å². The summed E-state index contributed by atoms with van der Waals surface area (Å²) in [6, 6.07) is 10.8. The van der Waals surface area contributed by atoms with E-state index in [9.17, 15) is 19.7 Å². The molecule has 24 heavy (non-hydrogen) atoms. The highest BCUT2D eigenvalue weighted by Gasteiger charge is 2.16. The van der Waals surface area contributed by atoms with Crippen LogP contribution in [0.4, 0.5) is 11.4 Å². The van der Waals surface area contributed by atoms with Gasteiger partial charge in [-0.05, 0) is 30.2 Å². The number of nitro groups is 1. The van der Waals surface area contributed by atoms with Crippen LogP contribution in [0.2, 0.25) is 5.02 Å². The highest BCUT2D eigenvalue weighted by atomic mass is 35.5. The molecule has 0 saturated heterocycles. The SMILES string of the molecule is Cc1ccc([N+](=O)[O-])cc1NC(=O)C(=O)NCc1ccc(Cl)cc1. The zero-order chi connectivity index (χ0) is 17.7. The van der Waals surface area contributed by atoms with Crippen LogP contribution in [-0.2, 0) is 16.1 Å². The van der Waals surface area contributed by atoms with Gasteiger partial charge in [-0.15, -0.1) is 0 Å². The summed E-state index contributed by atoms with van der Waals surface area (Å²) in [6.45, 7) is 1.84. The van der Waals surface area contributed by atoms with E-state index in [0.717, 1.165) is 5.56 Å². The van der Waals surface area contributed by atoms with Gasteiger partial charge in [-0.1, -0.05) is 29.8 Å². The smallest absolute Gasteiger partial charge is 0.313 e. The number of nitro benzene ring substituents is 1. The number of carbonyl (C=O) groups excluding carboxylic acids is 2. The summed E-state index contributed by atoms with van der Waals surface area (Å²) in [5, 5.41) is 16.2. The van der Waals surface area contributed by atoms with Crippen molar-refractivity contribution < 1.29 is 14.5 Å². The predicted octanol–water partition coefficient (Wildman–Crippen LogP) is 2.81. The van der Waals surface area contributed by atoms with Gasteiger partial charge >= 0.3 is 11.8 Å². The number of nitrogens with zero attached hydrogens (tertiary/aromatic N) is 1. The van der Waals surface area contributed by atoms with Crippen LogP contribution in [0.3, 0.4) is 0 Å². The lowest BCUT2D eigenvalue weighted by atomic mass is 10.2. The molecule has 0 spiro atoms. The van der Waals surface area contributed by atoms with Crippen LogP contribution in [0.25, 0.3) is 0 Å². The highest BCUT2D eigenvalue weighted by molar-refractivity contribution is 6.39. The molecule has 0 atom stereocenters. The van der Waals surface area contributed by atoms with Gasteiger partial charge < -0.3 is 10.6 Å². The molecule has 0 aromatic heterocycles. The molecule has 8 heteroatoms. The van der Waals surface area contributed by atoms with Crippen molar-refractivity contribution in [3.63, 3.8) is 0 Å². The molecule has 0 saturated carbocycles. The number of hydrogen-bond donors (Lipinski definition) is 2. The Morgan fingerprint density at radius 2 is 1.79 bits per heavy atom. The summed E-state index contributed by atoms with van der Waals surface area (Å²) in [5.74, 6) is -1.73. The second-order valence-corrected chi connectivity index (χ2v) is 5.46. The summed E-state index contributed by atoms with van der Waals surface area (Å²) in [7, 11) is 0. The third-order valence-corrected chi connectivity index (χ3v) is 3.50. The molecule has 124 valence electrons. The first-order valence-electron chi connectivity index (χ1n) is 6.95. The Morgan fingerprint density at radius 3 is 2.42 bits per heavy atom. The standard InChI is InChI=1S/C16H14ClN3O4/c1-10-2-7-13(20(23)24)8-14(10)19-16(22)15(21)18-9-11-3-5-12(17)6-4-11/h2-8H,9H2,1H3,(H,18,21)(H,19,22). The summed E-state index contributed by atoms with van der Waals surface area (Å²) < 4.78 is 0. The van der Waals surface area contributed by atoms with Gasteiger partial charge in [0.25, 0.3) is 5.69 Å². The third-order valence-electron chi connectivity index (χ3n) is 3.25. The minimum Gasteiger partial charge on any atom is -0.344 e. The van der Waals surface area contributed by atoms with Gasteiger partial charge in [0.15, 0.2) is 0 Å². The van der Waals surface area contributed by atoms with E-state index in [1.807, 2.05) is 0 Å². The highest BCUT2D eigenvalue weighted by Crippen LogP contribution is 2.21. The Hall–Kier alpha value is -2.93. The second-order valence-electron chi connectivity index (χ2n) is 5.02. The first-order chi connectivity index (χ1) is 11.4. The average molecular weight is 348 g/mol. The van der Waals surface area contributed by atoms with Gasteiger partial charge in [0.2, 0.25) is 0 Å². The molecule has 0 aliphatic rings. The number of nitrogens with one attached hydrogen (secondary N) is 2. The fourth-order valence-electron chi connectivity index (χ4n) is 1.90. The van der Waals surface area contributed by atoms with Crippen molar-refractivity contribution in [2.24, 2.45) is 0 Å². The summed E-state index contributed by atoms with van der Waals surface area (Å²) in [5.41, 5.74) is 1.44. The van der Waals surface area contributed by atoms with Crippen LogP contribution in [0, 0.1) is 17.0 Å². The number of amides is 2. The maximum Gasteiger partial charge on any atom is 0.313 e. The van der Waals surface area contributed by atoms with Crippen LogP contribution in [-0.4, -0.2) is 16.7 Å². The van der Waals surface area contributed by atoms with E-state index in [0.29, 0.717) is 10.6 Å². The number of anilines is 1. The van der Waals surface area contributed by atoms with Crippen LogP contribution in [0.5, 0.6) is 0 Å². The van der Waals surface area contributed by atoms with Gasteiger partial charge in [0, 0.05) is 23.7 Å². The number of rotatable bonds is 4. The van der Waals surface area contributed by atoms with E-state index in [1.54, 1.807) is 31.2 Å². The molecule has 0 aliphatic heterocycles. The molecule has 2 rings (SSSR count). The zero-order valence-electron chi connectivity index (χ0n) is 12.7. The fraction of sp³-hybridized carbons (Fsp3) is 0.125. The van der Waals surface area contributed by atoms with Crippen LogP contribution in [0.15, 0.2) is 42.5 Å². The van der Waals surface area contributed by atoms with Gasteiger partial charge in [-0.25, -0.2) is 0 Å². The normalized spacial score (nSPS) is 10.1. The molecular formula is C16H14ClN3O4. The summed E-state index contributed by atoms with van der Waals surface area (Å²) >= 11 is 5.77. The molecule has 0 aliphatic carbocycles. The van der Waals surface area contributed by atoms with Gasteiger partial charge in [-0.3, -0.25) is 19.7 Å². The predicted molar refractivity (Wildman–Crippen MR) is 89.8 cm³/mol. The third kappa shape index (κ3) is 4.53. The lowest BCUT2D eigenvalue weighted by Gasteiger charge is -2.09. The molecule has 2 aromatic rings. The van der Waals surface area contributed by atoms with Crippen LogP contribution < -0.4 is 10.6 Å². The first kappa shape index (κ1) is 17.4. The number of hydrogen-bond acceptors (Lipinski definition) is 4. The maximum absolute atomic E-state index is 11.9. The minimum atomic E-state index is -0.896. The van der Waals surface area contributed by atoms with E-state index < -0.39 is 16.7 Å². The van der Waals surface area contributed by atoms with Crippen molar-refractivity contribution in [3.8, 4) is 0 Å². The number of non-ortho nitro benzene ring substituents is 1. The second kappa shape index (κ2) is 7.56. The number of carbonyl (C=O) groups is 2. The monoisotopic (exact) mass is 347 g/mol. The molecule has 0 bridgehead atoms. The molecule has 0 radical (unpaired) electrons. The number of aryl methyl sites for hydroxylation is 1. The average Bonchev–Trinajstić information content (AvgIpc) is 2.55. The Bertz CT molecular complexity index is 790. The lowest BCUT2D eigenvalue weighted by Crippen LogP contribution is -2.35. The molecule has 0 heterocycles. The molecule has 2 N–H and O–H groups in total. The summed E-state index contributed by atoms with van der Waals surface area (Å²) in [4.78, 5) is 33.9. The van der Waals surface area contributed by atoms with E-state index >= 15 is 0 Å². The Morgan fingerprint density at radius 1 is 1.12 bits per heavy atom. The number of benzene rings is 2. The van der Waals surface area contributed by atoms with Gasteiger partial charge in [0.05, 0.1) is 10.6 Å². The molecule has 2 aromatic carbocycles. The summed E-state index contributed by atoms with van der Waals surface area (Å²) in [6.07, 6.45) is 0. The zero-order valence-corrected chi connectivity index (χ0v) is 13.5. The quantitative estimate of drug-likeness (QED) is 0.504. The topological polar surface area (TPSA) is 101 Å². The minimum absolute atomic E-state index is 0.164. The van der Waals surface area contributed by atoms with Crippen molar-refractivity contribution in [1.82, 2.24) is 5.32 Å². The Labute approximate surface area is 142 Å². The molecule has 0 unspecified atom stereocenters. The van der Waals surface area contributed by atoms with Crippen LogP contribution >= 0.6 is 11.6 Å². The van der Waals surface area contributed by atoms with E-state index in [4.69, 9.17) is 11.6 Å². The number of halogens is 1. The molecular weight excluding hydrogens is 334 g/mol.